The number of hydrogen-bond acceptors (Lipinski definition) is 6. The third-order valence-corrected chi connectivity index (χ3v) is 3.40. The van der Waals surface area contributed by atoms with Crippen LogP contribution >= 0.6 is 0 Å². The minimum atomic E-state index is -1.27. The van der Waals surface area contributed by atoms with Crippen molar-refractivity contribution in [2.75, 3.05) is 20.3 Å². The van der Waals surface area contributed by atoms with Crippen LogP contribution in [0.5, 0.6) is 0 Å². The molecule has 7 heteroatoms. The molecule has 0 heterocycles. The Morgan fingerprint density at radius 3 is 2.50 bits per heavy atom. The Labute approximate surface area is 129 Å². The maximum Gasteiger partial charge on any atom is 1.00 e. The van der Waals surface area contributed by atoms with Crippen molar-refractivity contribution in [2.45, 2.75) is 31.7 Å². The number of aliphatic hydroxyl groups is 2. The van der Waals surface area contributed by atoms with E-state index < -0.39 is 30.9 Å². The van der Waals surface area contributed by atoms with E-state index in [1.165, 1.54) is 7.11 Å². The molecule has 1 rings (SSSR count). The number of aliphatic hydroxyl groups excluding tert-OH is 2. The molecular formula is C11H19NaO6. The predicted molar refractivity (Wildman–Crippen MR) is 55.9 cm³/mol. The minimum Gasteiger partial charge on any atom is -0.548 e. The largest absolute Gasteiger partial charge is 1.00 e. The summed E-state index contributed by atoms with van der Waals surface area (Å²) in [4.78, 5) is 10.2. The molecule has 1 fully saturated rings. The van der Waals surface area contributed by atoms with Gasteiger partial charge < -0.3 is 29.6 Å². The average molecular weight is 270 g/mol. The smallest absolute Gasteiger partial charge is 0.548 e. The van der Waals surface area contributed by atoms with Crippen molar-refractivity contribution in [3.05, 3.63) is 0 Å². The van der Waals surface area contributed by atoms with Gasteiger partial charge in [-0.1, -0.05) is 6.92 Å². The molecule has 0 aromatic heterocycles. The van der Waals surface area contributed by atoms with E-state index in [0.29, 0.717) is 6.42 Å². The van der Waals surface area contributed by atoms with Gasteiger partial charge in [0.1, 0.15) is 6.10 Å². The molecule has 0 amide bonds. The average Bonchev–Trinajstić information content (AvgIpc) is 2.29. The normalized spacial score (nSPS) is 35.9. The summed E-state index contributed by atoms with van der Waals surface area (Å²) in [6.45, 7) is 1.55. The third-order valence-electron chi connectivity index (χ3n) is 3.40. The van der Waals surface area contributed by atoms with Gasteiger partial charge in [-0.3, -0.25) is 0 Å². The van der Waals surface area contributed by atoms with Crippen LogP contribution in [-0.4, -0.2) is 54.8 Å². The Morgan fingerprint density at radius 1 is 1.39 bits per heavy atom. The first-order valence-corrected chi connectivity index (χ1v) is 5.63. The van der Waals surface area contributed by atoms with Gasteiger partial charge in [-0.15, -0.1) is 0 Å². The molecule has 1 aliphatic rings. The van der Waals surface area contributed by atoms with Gasteiger partial charge in [-0.2, -0.15) is 0 Å². The van der Waals surface area contributed by atoms with Gasteiger partial charge in [0, 0.05) is 7.11 Å². The number of carboxylic acids is 1. The van der Waals surface area contributed by atoms with E-state index in [4.69, 9.17) is 9.47 Å². The molecule has 1 saturated carbocycles. The monoisotopic (exact) mass is 270 g/mol. The zero-order chi connectivity index (χ0) is 13.0. The Morgan fingerprint density at radius 2 is 2.00 bits per heavy atom. The fourth-order valence-electron chi connectivity index (χ4n) is 2.21. The minimum absolute atomic E-state index is 0. The summed E-state index contributed by atoms with van der Waals surface area (Å²) in [5, 5.41) is 29.7. The van der Waals surface area contributed by atoms with Crippen LogP contribution in [0.15, 0.2) is 0 Å². The van der Waals surface area contributed by atoms with Gasteiger partial charge in [0.15, 0.2) is 0 Å². The Bertz CT molecular complexity index is 260. The van der Waals surface area contributed by atoms with Crippen molar-refractivity contribution in [1.82, 2.24) is 0 Å². The number of methoxy groups -OCH3 is 1. The van der Waals surface area contributed by atoms with Crippen LogP contribution in [-0.2, 0) is 14.3 Å². The second-order valence-corrected chi connectivity index (χ2v) is 4.50. The molecule has 2 N–H and O–H groups in total. The van der Waals surface area contributed by atoms with E-state index >= 15 is 0 Å². The first-order valence-electron chi connectivity index (χ1n) is 5.63. The van der Waals surface area contributed by atoms with Crippen LogP contribution in [0.2, 0.25) is 0 Å². The summed E-state index contributed by atoms with van der Waals surface area (Å²) in [6.07, 6.45) is -1.71. The van der Waals surface area contributed by atoms with Crippen molar-refractivity contribution < 1.29 is 59.1 Å². The van der Waals surface area contributed by atoms with Crippen molar-refractivity contribution in [1.29, 1.82) is 0 Å². The molecule has 0 aromatic carbocycles. The molecule has 0 spiro atoms. The van der Waals surface area contributed by atoms with Gasteiger partial charge >= 0.3 is 29.6 Å². The molecular weight excluding hydrogens is 251 g/mol. The van der Waals surface area contributed by atoms with E-state index in [9.17, 15) is 20.1 Å². The molecule has 0 aliphatic heterocycles. The zero-order valence-electron chi connectivity index (χ0n) is 11.0. The Kier molecular flexibility index (Phi) is 8.62. The first-order chi connectivity index (χ1) is 7.97. The Balaban J connectivity index is 0.00000289. The van der Waals surface area contributed by atoms with Crippen molar-refractivity contribution >= 4 is 5.97 Å². The third kappa shape index (κ3) is 4.77. The van der Waals surface area contributed by atoms with Crippen LogP contribution < -0.4 is 34.7 Å². The van der Waals surface area contributed by atoms with Gasteiger partial charge in [0.25, 0.3) is 0 Å². The number of hydrogen-bond donors (Lipinski definition) is 2. The molecule has 0 aromatic rings. The van der Waals surface area contributed by atoms with E-state index in [-0.39, 0.29) is 48.0 Å². The van der Waals surface area contributed by atoms with E-state index in [2.05, 4.69) is 0 Å². The number of aliphatic carboxylic acids is 1. The zero-order valence-corrected chi connectivity index (χ0v) is 13.0. The molecule has 0 bridgehead atoms. The fraction of sp³-hybridized carbons (Fsp3) is 0.909. The molecule has 18 heavy (non-hydrogen) atoms. The topological polar surface area (TPSA) is 99.1 Å². The van der Waals surface area contributed by atoms with Gasteiger partial charge in [0.2, 0.25) is 0 Å². The second-order valence-electron chi connectivity index (χ2n) is 4.50. The molecule has 100 valence electrons. The van der Waals surface area contributed by atoms with E-state index in [0.717, 1.165) is 0 Å². The van der Waals surface area contributed by atoms with Gasteiger partial charge in [-0.05, 0) is 18.3 Å². The van der Waals surface area contributed by atoms with Crippen LogP contribution in [0.25, 0.3) is 0 Å². The van der Waals surface area contributed by atoms with Crippen molar-refractivity contribution in [3.8, 4) is 0 Å². The quantitative estimate of drug-likeness (QED) is 0.486. The summed E-state index contributed by atoms with van der Waals surface area (Å²) in [5.74, 6) is -1.48. The van der Waals surface area contributed by atoms with Crippen molar-refractivity contribution in [3.63, 3.8) is 0 Å². The Hall–Kier alpha value is 0.310. The van der Waals surface area contributed by atoms with Crippen molar-refractivity contribution in [2.24, 2.45) is 11.8 Å². The SMILES string of the molecule is CO[C@H]1CC(COCC(=O)[O-])[C@@H](C)[C@H](O)C1O.[Na+]. The summed E-state index contributed by atoms with van der Waals surface area (Å²) in [5.41, 5.74) is 0. The predicted octanol–water partition coefficient (Wildman–Crippen LogP) is -4.85. The number of ether oxygens (including phenoxy) is 2. The summed E-state index contributed by atoms with van der Waals surface area (Å²) >= 11 is 0. The summed E-state index contributed by atoms with van der Waals surface area (Å²) in [7, 11) is 1.47. The molecule has 6 nitrogen and oxygen atoms in total. The van der Waals surface area contributed by atoms with Crippen LogP contribution in [0.3, 0.4) is 0 Å². The molecule has 1 aliphatic carbocycles. The molecule has 0 saturated heterocycles. The van der Waals surface area contributed by atoms with E-state index in [1.807, 2.05) is 0 Å². The number of carboxylic acid groups (broad SMARTS) is 1. The maximum atomic E-state index is 10.2. The first kappa shape index (κ1) is 18.3. The molecule has 0 radical (unpaired) electrons. The number of carbonyl (C=O) groups is 1. The van der Waals surface area contributed by atoms with Crippen LogP contribution in [0, 0.1) is 11.8 Å². The summed E-state index contributed by atoms with van der Waals surface area (Å²) < 4.78 is 10.1. The van der Waals surface area contributed by atoms with Gasteiger partial charge in [-0.25, -0.2) is 0 Å². The standard InChI is InChI=1S/C11H20O6.Na/c1-6-7(4-17-5-9(12)13)3-8(16-2)11(15)10(6)14;/h6-8,10-11,14-15H,3-5H2,1-2H3,(H,12,13);/q;+1/p-1/t6-,7?,8+,10+,11?;/m1./s1. The van der Waals surface area contributed by atoms with Crippen LogP contribution in [0.4, 0.5) is 0 Å². The fourth-order valence-corrected chi connectivity index (χ4v) is 2.21. The number of rotatable bonds is 5. The van der Waals surface area contributed by atoms with E-state index in [1.54, 1.807) is 6.92 Å². The second kappa shape index (κ2) is 8.47. The van der Waals surface area contributed by atoms with Crippen LogP contribution in [0.1, 0.15) is 13.3 Å². The molecule has 2 unspecified atom stereocenters. The number of carbonyl (C=O) groups excluding carboxylic acids is 1. The molecule has 5 atom stereocenters. The maximum absolute atomic E-state index is 10.2. The van der Waals surface area contributed by atoms with Gasteiger partial charge in [0.05, 0.1) is 31.4 Å². The summed E-state index contributed by atoms with van der Waals surface area (Å²) in [6, 6.07) is 0.